The summed E-state index contributed by atoms with van der Waals surface area (Å²) in [7, 11) is 0. The summed E-state index contributed by atoms with van der Waals surface area (Å²) in [6.07, 6.45) is 4.20. The van der Waals surface area contributed by atoms with Crippen LogP contribution >= 0.6 is 0 Å². The summed E-state index contributed by atoms with van der Waals surface area (Å²) in [6, 6.07) is 46.7. The standard InChI is InChI=1S/C57H63N4O.Pt/c1-53(2,3)39-26-27-58-52(33-39)61-49-23-19-18-22-47(49)48-25-24-45(35-50(48)61)62-46-32-42(57(13,14)38-20-16-15-17-21-38)31-44(34-46)60-37-59(36-51(60)56(10,11)12)43-29-40(54(4,5)6)28-41(30-43)55(7,8)9;/h15-33,36-37H,1-14H3;/q-3;. The molecule has 0 bridgehead atoms. The van der Waals surface area contributed by atoms with Crippen LogP contribution in [0, 0.1) is 24.2 Å². The Bertz CT molecular complexity index is 2790. The normalized spacial score (nSPS) is 14.0. The summed E-state index contributed by atoms with van der Waals surface area (Å²) in [5.74, 6) is 2.09. The molecule has 0 aliphatic carbocycles. The van der Waals surface area contributed by atoms with Gasteiger partial charge in [-0.05, 0) is 85.8 Å². The molecule has 8 rings (SSSR count). The monoisotopic (exact) mass is 1010 g/mol. The first-order valence-electron chi connectivity index (χ1n) is 22.0. The van der Waals surface area contributed by atoms with Crippen LogP contribution < -0.4 is 14.5 Å². The van der Waals surface area contributed by atoms with Gasteiger partial charge in [0, 0.05) is 61.1 Å². The van der Waals surface area contributed by atoms with Crippen LogP contribution in [0.2, 0.25) is 0 Å². The van der Waals surface area contributed by atoms with E-state index in [9.17, 15) is 0 Å². The van der Waals surface area contributed by atoms with Crippen LogP contribution in [0.3, 0.4) is 0 Å². The largest absolute Gasteiger partial charge is 0.509 e. The maximum atomic E-state index is 6.94. The third kappa shape index (κ3) is 9.14. The molecule has 0 radical (unpaired) electrons. The zero-order chi connectivity index (χ0) is 44.6. The Morgan fingerprint density at radius 2 is 1.17 bits per heavy atom. The Hall–Kier alpha value is -5.12. The molecular weight excluding hydrogens is 952 g/mol. The van der Waals surface area contributed by atoms with Gasteiger partial charge in [0.05, 0.1) is 0 Å². The number of allylic oxidation sites excluding steroid dienone is 1. The third-order valence-corrected chi connectivity index (χ3v) is 12.4. The van der Waals surface area contributed by atoms with Crippen molar-refractivity contribution in [3.63, 3.8) is 0 Å². The van der Waals surface area contributed by atoms with Gasteiger partial charge in [-0.1, -0.05) is 157 Å². The van der Waals surface area contributed by atoms with Crippen LogP contribution in [0.1, 0.15) is 125 Å². The average Bonchev–Trinajstić information content (AvgIpc) is 3.81. The molecular formula is C57H63N4OPt-3. The van der Waals surface area contributed by atoms with E-state index in [4.69, 9.17) is 9.72 Å². The molecule has 0 saturated carbocycles. The number of fused-ring (bicyclic) bond motifs is 3. The quantitative estimate of drug-likeness (QED) is 0.149. The SMILES string of the molecule is CC(C)(C)C1=CN(c2cc(C(C)(C)C)cc(C(C)(C)C)c2)[CH-]N1c1[c-]c(Oc2[c-]c3c(cc2)c2ccccc2n3-c2cc(C(C)(C)C)ccn2)cc(C(C)(C)c2ccccc2)c1.[Pt]. The summed E-state index contributed by atoms with van der Waals surface area (Å²) in [6.45, 7) is 34.1. The van der Waals surface area contributed by atoms with Crippen LogP contribution in [0.15, 0.2) is 127 Å². The van der Waals surface area contributed by atoms with Gasteiger partial charge in [0.25, 0.3) is 0 Å². The zero-order valence-electron chi connectivity index (χ0n) is 39.6. The molecule has 1 aliphatic rings. The number of anilines is 2. The van der Waals surface area contributed by atoms with E-state index in [0.717, 1.165) is 50.3 Å². The molecule has 0 atom stereocenters. The maximum Gasteiger partial charge on any atom is 0.135 e. The second-order valence-corrected chi connectivity index (χ2v) is 21.7. The smallest absolute Gasteiger partial charge is 0.135 e. The van der Waals surface area contributed by atoms with E-state index < -0.39 is 0 Å². The number of ether oxygens (including phenoxy) is 1. The van der Waals surface area contributed by atoms with E-state index in [0.29, 0.717) is 11.5 Å². The Morgan fingerprint density at radius 1 is 0.540 bits per heavy atom. The fourth-order valence-electron chi connectivity index (χ4n) is 8.32. The van der Waals surface area contributed by atoms with Gasteiger partial charge >= 0.3 is 0 Å². The molecule has 5 nitrogen and oxygen atoms in total. The fraction of sp³-hybridized carbons (Fsp3) is 0.333. The molecule has 1 aliphatic heterocycles. The maximum absolute atomic E-state index is 6.94. The van der Waals surface area contributed by atoms with E-state index >= 15 is 0 Å². The molecule has 0 spiro atoms. The van der Waals surface area contributed by atoms with Crippen molar-refractivity contribution in [1.29, 1.82) is 0 Å². The second-order valence-electron chi connectivity index (χ2n) is 21.7. The van der Waals surface area contributed by atoms with Gasteiger partial charge in [-0.25, -0.2) is 4.98 Å². The third-order valence-electron chi connectivity index (χ3n) is 12.4. The predicted octanol–water partition coefficient (Wildman–Crippen LogP) is 15.1. The molecule has 6 heteroatoms. The number of nitrogens with zero attached hydrogens (tertiary/aromatic N) is 4. The number of pyridine rings is 1. The Labute approximate surface area is 391 Å². The van der Waals surface area contributed by atoms with Crippen LogP contribution in [0.5, 0.6) is 11.5 Å². The van der Waals surface area contributed by atoms with E-state index in [1.165, 1.54) is 22.3 Å². The van der Waals surface area contributed by atoms with Crippen molar-refractivity contribution in [2.75, 3.05) is 9.80 Å². The molecule has 2 aromatic heterocycles. The molecule has 330 valence electrons. The van der Waals surface area contributed by atoms with Gasteiger partial charge in [0.2, 0.25) is 0 Å². The van der Waals surface area contributed by atoms with Gasteiger partial charge in [-0.15, -0.1) is 53.6 Å². The van der Waals surface area contributed by atoms with Crippen LogP contribution in [0.25, 0.3) is 27.6 Å². The number of benzene rings is 5. The average molecular weight is 1020 g/mol. The molecule has 3 heterocycles. The van der Waals surface area contributed by atoms with Crippen molar-refractivity contribution in [3.05, 3.63) is 174 Å². The number of aromatic nitrogens is 2. The molecule has 5 aromatic carbocycles. The number of para-hydroxylation sites is 1. The van der Waals surface area contributed by atoms with Crippen molar-refractivity contribution < 1.29 is 25.8 Å². The van der Waals surface area contributed by atoms with Gasteiger partial charge in [0.1, 0.15) is 5.82 Å². The van der Waals surface area contributed by atoms with Gasteiger partial charge in [-0.3, -0.25) is 0 Å². The molecule has 0 fully saturated rings. The van der Waals surface area contributed by atoms with Crippen molar-refractivity contribution in [2.45, 2.75) is 119 Å². The number of rotatable bonds is 7. The molecule has 7 aromatic rings. The summed E-state index contributed by atoms with van der Waals surface area (Å²) in [5, 5.41) is 2.24. The second kappa shape index (κ2) is 16.5. The molecule has 0 saturated heterocycles. The Morgan fingerprint density at radius 3 is 1.81 bits per heavy atom. The minimum atomic E-state index is -0.347. The minimum Gasteiger partial charge on any atom is -0.509 e. The first-order chi connectivity index (χ1) is 29.0. The van der Waals surface area contributed by atoms with E-state index in [1.54, 1.807) is 0 Å². The molecule has 0 N–H and O–H groups in total. The van der Waals surface area contributed by atoms with E-state index in [1.807, 2.05) is 12.3 Å². The molecule has 0 unspecified atom stereocenters. The topological polar surface area (TPSA) is 33.5 Å². The van der Waals surface area contributed by atoms with Crippen molar-refractivity contribution >= 4 is 33.2 Å². The molecule has 0 amide bonds. The van der Waals surface area contributed by atoms with Crippen molar-refractivity contribution in [2.24, 2.45) is 5.41 Å². The van der Waals surface area contributed by atoms with E-state index in [-0.39, 0.29) is 48.1 Å². The zero-order valence-corrected chi connectivity index (χ0v) is 41.9. The summed E-state index contributed by atoms with van der Waals surface area (Å²) < 4.78 is 9.16. The van der Waals surface area contributed by atoms with Gasteiger partial charge in [-0.2, -0.15) is 6.07 Å². The molecule has 63 heavy (non-hydrogen) atoms. The van der Waals surface area contributed by atoms with Gasteiger partial charge < -0.3 is 19.1 Å². The summed E-state index contributed by atoms with van der Waals surface area (Å²) in [5.41, 5.74) is 10.8. The summed E-state index contributed by atoms with van der Waals surface area (Å²) >= 11 is 0. The first kappa shape index (κ1) is 45.9. The van der Waals surface area contributed by atoms with Gasteiger partial charge in [0.15, 0.2) is 0 Å². The van der Waals surface area contributed by atoms with E-state index in [2.05, 4.69) is 239 Å². The van der Waals surface area contributed by atoms with Crippen LogP contribution in [0.4, 0.5) is 11.4 Å². The van der Waals surface area contributed by atoms with Crippen LogP contribution in [-0.2, 0) is 42.7 Å². The Kier molecular flexibility index (Phi) is 12.0. The van der Waals surface area contributed by atoms with Crippen LogP contribution in [-0.4, -0.2) is 9.55 Å². The number of hydrogen-bond acceptors (Lipinski definition) is 4. The predicted molar refractivity (Wildman–Crippen MR) is 261 cm³/mol. The fourth-order valence-corrected chi connectivity index (χ4v) is 8.32. The van der Waals surface area contributed by atoms with Crippen molar-refractivity contribution in [1.82, 2.24) is 9.55 Å². The Balaban J connectivity index is 0.00000595. The minimum absolute atomic E-state index is 0. The summed E-state index contributed by atoms with van der Waals surface area (Å²) in [4.78, 5) is 9.49. The first-order valence-corrected chi connectivity index (χ1v) is 22.0. The van der Waals surface area contributed by atoms with Crippen molar-refractivity contribution in [3.8, 4) is 17.3 Å². The number of hydrogen-bond donors (Lipinski definition) is 0.